The van der Waals surface area contributed by atoms with Crippen LogP contribution in [0.4, 0.5) is 5.82 Å². The van der Waals surface area contributed by atoms with E-state index >= 15 is 0 Å². The van der Waals surface area contributed by atoms with Crippen molar-refractivity contribution in [2.45, 2.75) is 25.9 Å². The number of carbonyl (C=O) groups is 1. The molecule has 6 heteroatoms. The van der Waals surface area contributed by atoms with Gasteiger partial charge in [0.15, 0.2) is 5.82 Å². The van der Waals surface area contributed by atoms with E-state index in [2.05, 4.69) is 20.6 Å². The molecule has 0 saturated carbocycles. The third-order valence-corrected chi connectivity index (χ3v) is 4.01. The maximum Gasteiger partial charge on any atom is 0.251 e. The van der Waals surface area contributed by atoms with Gasteiger partial charge in [-0.05, 0) is 31.9 Å². The van der Waals surface area contributed by atoms with E-state index < -0.39 is 0 Å². The molecular weight excluding hydrogens is 304 g/mol. The summed E-state index contributed by atoms with van der Waals surface area (Å²) >= 11 is 0. The van der Waals surface area contributed by atoms with Crippen LogP contribution in [0.25, 0.3) is 11.4 Å². The number of amides is 1. The predicted octanol–water partition coefficient (Wildman–Crippen LogP) is 2.40. The van der Waals surface area contributed by atoms with Crippen molar-refractivity contribution in [3.8, 4) is 11.4 Å². The molecule has 6 nitrogen and oxygen atoms in total. The van der Waals surface area contributed by atoms with Crippen LogP contribution in [0.2, 0.25) is 0 Å². The van der Waals surface area contributed by atoms with Crippen molar-refractivity contribution in [3.63, 3.8) is 0 Å². The second kappa shape index (κ2) is 7.40. The van der Waals surface area contributed by atoms with E-state index in [4.69, 9.17) is 4.74 Å². The molecule has 2 heterocycles. The van der Waals surface area contributed by atoms with Gasteiger partial charge in [-0.15, -0.1) is 0 Å². The molecule has 1 amide bonds. The summed E-state index contributed by atoms with van der Waals surface area (Å²) in [6.07, 6.45) is 2.20. The molecule has 126 valence electrons. The predicted molar refractivity (Wildman–Crippen MR) is 93.1 cm³/mol. The van der Waals surface area contributed by atoms with Crippen LogP contribution in [0.3, 0.4) is 0 Å². The van der Waals surface area contributed by atoms with Gasteiger partial charge < -0.3 is 15.4 Å². The molecule has 1 aromatic heterocycles. The third kappa shape index (κ3) is 3.89. The summed E-state index contributed by atoms with van der Waals surface area (Å²) in [5, 5.41) is 5.96. The fourth-order valence-electron chi connectivity index (χ4n) is 2.74. The average Bonchev–Trinajstić information content (AvgIpc) is 3.12. The number of aryl methyl sites for hydroxylation is 1. The molecule has 0 unspecified atom stereocenters. The van der Waals surface area contributed by atoms with E-state index in [1.807, 2.05) is 38.2 Å². The van der Waals surface area contributed by atoms with Crippen molar-refractivity contribution in [1.29, 1.82) is 0 Å². The first-order chi connectivity index (χ1) is 11.7. The molecule has 3 rings (SSSR count). The lowest BCUT2D eigenvalue weighted by Crippen LogP contribution is -2.31. The van der Waals surface area contributed by atoms with Crippen molar-refractivity contribution < 1.29 is 9.53 Å². The highest BCUT2D eigenvalue weighted by Crippen LogP contribution is 2.19. The van der Waals surface area contributed by atoms with Gasteiger partial charge in [-0.2, -0.15) is 0 Å². The van der Waals surface area contributed by atoms with Crippen LogP contribution in [-0.4, -0.2) is 42.2 Å². The summed E-state index contributed by atoms with van der Waals surface area (Å²) in [4.78, 5) is 21.3. The van der Waals surface area contributed by atoms with Gasteiger partial charge in [0.25, 0.3) is 5.91 Å². The Kier molecular flexibility index (Phi) is 5.05. The Balaban J connectivity index is 1.76. The zero-order chi connectivity index (χ0) is 16.9. The zero-order valence-electron chi connectivity index (χ0n) is 14.0. The van der Waals surface area contributed by atoms with Gasteiger partial charge in [0.1, 0.15) is 5.82 Å². The van der Waals surface area contributed by atoms with E-state index in [1.165, 1.54) is 0 Å². The van der Waals surface area contributed by atoms with Crippen LogP contribution in [0.5, 0.6) is 0 Å². The molecule has 1 aliphatic rings. The molecule has 1 fully saturated rings. The highest BCUT2D eigenvalue weighted by atomic mass is 16.5. The SMILES string of the molecule is CNc1cc(C)nc(-c2cccc(C(=O)NC[C@H]3CCCO3)c2)n1. The van der Waals surface area contributed by atoms with Gasteiger partial charge in [-0.25, -0.2) is 9.97 Å². The van der Waals surface area contributed by atoms with Gasteiger partial charge in [0, 0.05) is 43.1 Å². The van der Waals surface area contributed by atoms with E-state index in [0.717, 1.165) is 36.5 Å². The number of ether oxygens (including phenoxy) is 1. The molecule has 24 heavy (non-hydrogen) atoms. The van der Waals surface area contributed by atoms with Crippen LogP contribution in [0.1, 0.15) is 28.9 Å². The summed E-state index contributed by atoms with van der Waals surface area (Å²) < 4.78 is 5.53. The molecule has 1 atom stereocenters. The first kappa shape index (κ1) is 16.4. The van der Waals surface area contributed by atoms with Crippen molar-refractivity contribution in [1.82, 2.24) is 15.3 Å². The summed E-state index contributed by atoms with van der Waals surface area (Å²) in [6, 6.07) is 9.25. The Morgan fingerprint density at radius 2 is 2.21 bits per heavy atom. The molecule has 0 bridgehead atoms. The molecule has 0 radical (unpaired) electrons. The van der Waals surface area contributed by atoms with E-state index in [0.29, 0.717) is 17.9 Å². The van der Waals surface area contributed by atoms with E-state index in [9.17, 15) is 4.79 Å². The first-order valence-corrected chi connectivity index (χ1v) is 8.19. The average molecular weight is 326 g/mol. The summed E-state index contributed by atoms with van der Waals surface area (Å²) in [5.41, 5.74) is 2.29. The number of nitrogens with zero attached hydrogens (tertiary/aromatic N) is 2. The Labute approximate surface area is 141 Å². The number of anilines is 1. The second-order valence-electron chi connectivity index (χ2n) is 5.89. The number of rotatable bonds is 5. The molecule has 0 aliphatic carbocycles. The Bertz CT molecular complexity index is 727. The normalized spacial score (nSPS) is 16.8. The molecule has 1 aromatic carbocycles. The lowest BCUT2D eigenvalue weighted by Gasteiger charge is -2.11. The summed E-state index contributed by atoms with van der Waals surface area (Å²) in [6.45, 7) is 3.26. The minimum Gasteiger partial charge on any atom is -0.376 e. The molecule has 1 saturated heterocycles. The number of carbonyl (C=O) groups excluding carboxylic acids is 1. The van der Waals surface area contributed by atoms with E-state index in [-0.39, 0.29) is 12.0 Å². The van der Waals surface area contributed by atoms with Crippen molar-refractivity contribution >= 4 is 11.7 Å². The maximum absolute atomic E-state index is 12.4. The van der Waals surface area contributed by atoms with Gasteiger partial charge >= 0.3 is 0 Å². The fourth-order valence-corrected chi connectivity index (χ4v) is 2.74. The number of hydrogen-bond donors (Lipinski definition) is 2. The lowest BCUT2D eigenvalue weighted by atomic mass is 10.1. The molecule has 0 spiro atoms. The topological polar surface area (TPSA) is 76.1 Å². The monoisotopic (exact) mass is 326 g/mol. The Morgan fingerprint density at radius 3 is 2.96 bits per heavy atom. The minimum atomic E-state index is -0.103. The van der Waals surface area contributed by atoms with Crippen LogP contribution in [0.15, 0.2) is 30.3 Å². The summed E-state index contributed by atoms with van der Waals surface area (Å²) in [7, 11) is 1.82. The maximum atomic E-state index is 12.4. The van der Waals surface area contributed by atoms with Crippen LogP contribution >= 0.6 is 0 Å². The standard InChI is InChI=1S/C18H22N4O2/c1-12-9-16(19-2)22-17(21-12)13-5-3-6-14(10-13)18(23)20-11-15-7-4-8-24-15/h3,5-6,9-10,15H,4,7-8,11H2,1-2H3,(H,20,23)(H,19,21,22)/t15-/m1/s1. The van der Waals surface area contributed by atoms with Gasteiger partial charge in [0.05, 0.1) is 6.10 Å². The van der Waals surface area contributed by atoms with Crippen LogP contribution in [0, 0.1) is 6.92 Å². The van der Waals surface area contributed by atoms with Gasteiger partial charge in [0.2, 0.25) is 0 Å². The fraction of sp³-hybridized carbons (Fsp3) is 0.389. The zero-order valence-corrected chi connectivity index (χ0v) is 14.0. The van der Waals surface area contributed by atoms with Crippen LogP contribution in [-0.2, 0) is 4.74 Å². The van der Waals surface area contributed by atoms with Crippen molar-refractivity contribution in [2.24, 2.45) is 0 Å². The smallest absolute Gasteiger partial charge is 0.251 e. The molecular formula is C18H22N4O2. The quantitative estimate of drug-likeness (QED) is 0.882. The molecule has 1 aliphatic heterocycles. The number of benzene rings is 1. The third-order valence-electron chi connectivity index (χ3n) is 4.01. The number of aromatic nitrogens is 2. The number of hydrogen-bond acceptors (Lipinski definition) is 5. The first-order valence-electron chi connectivity index (χ1n) is 8.19. The summed E-state index contributed by atoms with van der Waals surface area (Å²) in [5.74, 6) is 1.26. The van der Waals surface area contributed by atoms with Crippen molar-refractivity contribution in [2.75, 3.05) is 25.5 Å². The van der Waals surface area contributed by atoms with E-state index in [1.54, 1.807) is 6.07 Å². The largest absolute Gasteiger partial charge is 0.376 e. The van der Waals surface area contributed by atoms with Crippen LogP contribution < -0.4 is 10.6 Å². The lowest BCUT2D eigenvalue weighted by molar-refractivity contribution is 0.0858. The number of nitrogens with one attached hydrogen (secondary N) is 2. The highest BCUT2D eigenvalue weighted by Gasteiger charge is 2.17. The Hall–Kier alpha value is -2.47. The van der Waals surface area contributed by atoms with Crippen molar-refractivity contribution in [3.05, 3.63) is 41.6 Å². The Morgan fingerprint density at radius 1 is 1.33 bits per heavy atom. The second-order valence-corrected chi connectivity index (χ2v) is 5.89. The van der Waals surface area contributed by atoms with Gasteiger partial charge in [-0.3, -0.25) is 4.79 Å². The molecule has 2 aromatic rings. The minimum absolute atomic E-state index is 0.103. The molecule has 2 N–H and O–H groups in total. The highest BCUT2D eigenvalue weighted by molar-refractivity contribution is 5.95. The van der Waals surface area contributed by atoms with Gasteiger partial charge in [-0.1, -0.05) is 12.1 Å².